The van der Waals surface area contributed by atoms with Crippen molar-refractivity contribution < 1.29 is 8.42 Å². The Morgan fingerprint density at radius 3 is 2.67 bits per heavy atom. The lowest BCUT2D eigenvalue weighted by Crippen LogP contribution is -2.50. The lowest BCUT2D eigenvalue weighted by Gasteiger charge is -2.26. The zero-order chi connectivity index (χ0) is 11.1. The Labute approximate surface area is 91.7 Å². The maximum Gasteiger partial charge on any atom is 0.279 e. The van der Waals surface area contributed by atoms with Gasteiger partial charge in [0.2, 0.25) is 0 Å². The van der Waals surface area contributed by atoms with Crippen LogP contribution in [-0.2, 0) is 10.2 Å². The van der Waals surface area contributed by atoms with Gasteiger partial charge in [0.05, 0.1) is 0 Å². The minimum Gasteiger partial charge on any atom is -0.314 e. The highest BCUT2D eigenvalue weighted by atomic mass is 32.2. The molecule has 0 bridgehead atoms. The summed E-state index contributed by atoms with van der Waals surface area (Å²) in [4.78, 5) is 0. The number of piperazine rings is 1. The highest BCUT2D eigenvalue weighted by Crippen LogP contribution is 1.99. The van der Waals surface area contributed by atoms with Crippen molar-refractivity contribution in [2.45, 2.75) is 13.3 Å². The predicted octanol–water partition coefficient (Wildman–Crippen LogP) is -0.308. The van der Waals surface area contributed by atoms with Gasteiger partial charge in [0.1, 0.15) is 0 Å². The van der Waals surface area contributed by atoms with Gasteiger partial charge in [0, 0.05) is 32.7 Å². The SMILES string of the molecule is C/C=C/CCNS(=O)(=O)N1CCNCC1. The summed E-state index contributed by atoms with van der Waals surface area (Å²) in [5, 5.41) is 3.12. The molecule has 1 saturated heterocycles. The van der Waals surface area contributed by atoms with Gasteiger partial charge in [-0.15, -0.1) is 0 Å². The van der Waals surface area contributed by atoms with Crippen molar-refractivity contribution in [1.82, 2.24) is 14.3 Å². The molecule has 0 spiro atoms. The molecule has 15 heavy (non-hydrogen) atoms. The molecule has 0 amide bonds. The van der Waals surface area contributed by atoms with Crippen molar-refractivity contribution in [2.75, 3.05) is 32.7 Å². The zero-order valence-corrected chi connectivity index (χ0v) is 9.89. The lowest BCUT2D eigenvalue weighted by molar-refractivity contribution is 0.355. The van der Waals surface area contributed by atoms with E-state index in [0.29, 0.717) is 19.6 Å². The predicted molar refractivity (Wildman–Crippen MR) is 60.8 cm³/mol. The molecule has 88 valence electrons. The molecule has 0 aromatic rings. The first-order valence-corrected chi connectivity index (χ1v) is 6.67. The molecule has 1 fully saturated rings. The third-order valence-electron chi connectivity index (χ3n) is 2.25. The number of rotatable bonds is 5. The Balaban J connectivity index is 2.36. The molecular formula is C9H19N3O2S. The Kier molecular flexibility index (Phi) is 5.24. The van der Waals surface area contributed by atoms with Crippen molar-refractivity contribution in [3.8, 4) is 0 Å². The number of nitrogens with zero attached hydrogens (tertiary/aromatic N) is 1. The van der Waals surface area contributed by atoms with Crippen molar-refractivity contribution in [2.24, 2.45) is 0 Å². The van der Waals surface area contributed by atoms with E-state index in [1.807, 2.05) is 19.1 Å². The molecular weight excluding hydrogens is 214 g/mol. The number of hydrogen-bond donors (Lipinski definition) is 2. The van der Waals surface area contributed by atoms with Crippen LogP contribution in [0.2, 0.25) is 0 Å². The quantitative estimate of drug-likeness (QED) is 0.506. The number of allylic oxidation sites excluding steroid dienone is 1. The molecule has 1 heterocycles. The van der Waals surface area contributed by atoms with Crippen LogP contribution in [0, 0.1) is 0 Å². The minimum atomic E-state index is -3.25. The summed E-state index contributed by atoms with van der Waals surface area (Å²) < 4.78 is 27.5. The van der Waals surface area contributed by atoms with Crippen LogP contribution < -0.4 is 10.0 Å². The number of nitrogens with one attached hydrogen (secondary N) is 2. The number of hydrogen-bond acceptors (Lipinski definition) is 3. The van der Waals surface area contributed by atoms with E-state index < -0.39 is 10.2 Å². The smallest absolute Gasteiger partial charge is 0.279 e. The molecule has 0 aliphatic carbocycles. The summed E-state index contributed by atoms with van der Waals surface area (Å²) in [6.07, 6.45) is 4.60. The molecule has 0 radical (unpaired) electrons. The van der Waals surface area contributed by atoms with Crippen LogP contribution in [0.4, 0.5) is 0 Å². The van der Waals surface area contributed by atoms with Gasteiger partial charge in [-0.3, -0.25) is 0 Å². The molecule has 0 atom stereocenters. The summed E-state index contributed by atoms with van der Waals surface area (Å²) >= 11 is 0. The molecule has 6 heteroatoms. The van der Waals surface area contributed by atoms with Gasteiger partial charge in [-0.05, 0) is 13.3 Å². The molecule has 0 aromatic carbocycles. The normalized spacial score (nSPS) is 19.8. The Hall–Kier alpha value is -0.430. The fourth-order valence-corrected chi connectivity index (χ4v) is 2.64. The van der Waals surface area contributed by atoms with E-state index in [1.165, 1.54) is 4.31 Å². The average molecular weight is 233 g/mol. The summed E-state index contributed by atoms with van der Waals surface area (Å²) in [6.45, 7) is 4.96. The highest BCUT2D eigenvalue weighted by Gasteiger charge is 2.22. The van der Waals surface area contributed by atoms with Crippen LogP contribution in [0.1, 0.15) is 13.3 Å². The van der Waals surface area contributed by atoms with Gasteiger partial charge < -0.3 is 5.32 Å². The molecule has 1 rings (SSSR count). The Bertz CT molecular complexity index is 294. The maximum atomic E-state index is 11.7. The van der Waals surface area contributed by atoms with Crippen molar-refractivity contribution in [3.63, 3.8) is 0 Å². The van der Waals surface area contributed by atoms with E-state index in [4.69, 9.17) is 0 Å². The van der Waals surface area contributed by atoms with E-state index in [0.717, 1.165) is 19.5 Å². The van der Waals surface area contributed by atoms with Gasteiger partial charge in [-0.2, -0.15) is 12.7 Å². The topological polar surface area (TPSA) is 61.4 Å². The van der Waals surface area contributed by atoms with Crippen LogP contribution in [0.25, 0.3) is 0 Å². The second kappa shape index (κ2) is 6.22. The first-order valence-electron chi connectivity index (χ1n) is 5.23. The van der Waals surface area contributed by atoms with Gasteiger partial charge in [-0.25, -0.2) is 4.72 Å². The van der Waals surface area contributed by atoms with Crippen molar-refractivity contribution in [1.29, 1.82) is 0 Å². The van der Waals surface area contributed by atoms with E-state index in [9.17, 15) is 8.42 Å². The average Bonchev–Trinajstić information content (AvgIpc) is 2.26. The van der Waals surface area contributed by atoms with E-state index >= 15 is 0 Å². The monoisotopic (exact) mass is 233 g/mol. The van der Waals surface area contributed by atoms with Gasteiger partial charge in [-0.1, -0.05) is 12.2 Å². The molecule has 0 saturated carbocycles. The van der Waals surface area contributed by atoms with Gasteiger partial charge >= 0.3 is 0 Å². The molecule has 0 unspecified atom stereocenters. The lowest BCUT2D eigenvalue weighted by atomic mass is 10.4. The van der Waals surface area contributed by atoms with Crippen LogP contribution in [0.15, 0.2) is 12.2 Å². The van der Waals surface area contributed by atoms with E-state index in [1.54, 1.807) is 0 Å². The fourth-order valence-electron chi connectivity index (χ4n) is 1.41. The fraction of sp³-hybridized carbons (Fsp3) is 0.778. The Morgan fingerprint density at radius 1 is 1.40 bits per heavy atom. The van der Waals surface area contributed by atoms with Crippen LogP contribution in [-0.4, -0.2) is 45.4 Å². The summed E-state index contributed by atoms with van der Waals surface area (Å²) in [5.74, 6) is 0. The van der Waals surface area contributed by atoms with E-state index in [2.05, 4.69) is 10.0 Å². The molecule has 5 nitrogen and oxygen atoms in total. The Morgan fingerprint density at radius 2 is 2.07 bits per heavy atom. The summed E-state index contributed by atoms with van der Waals surface area (Å²) in [5.41, 5.74) is 0. The van der Waals surface area contributed by atoms with Gasteiger partial charge in [0.15, 0.2) is 0 Å². The van der Waals surface area contributed by atoms with Crippen LogP contribution >= 0.6 is 0 Å². The second-order valence-electron chi connectivity index (χ2n) is 3.41. The third-order valence-corrected chi connectivity index (χ3v) is 3.86. The molecule has 2 N–H and O–H groups in total. The van der Waals surface area contributed by atoms with Crippen LogP contribution in [0.3, 0.4) is 0 Å². The van der Waals surface area contributed by atoms with Crippen LogP contribution in [0.5, 0.6) is 0 Å². The summed E-state index contributed by atoms with van der Waals surface area (Å²) in [6, 6.07) is 0. The third kappa shape index (κ3) is 4.29. The van der Waals surface area contributed by atoms with Crippen molar-refractivity contribution >= 4 is 10.2 Å². The summed E-state index contributed by atoms with van der Waals surface area (Å²) in [7, 11) is -3.25. The maximum absolute atomic E-state index is 11.7. The molecule has 1 aliphatic heterocycles. The second-order valence-corrected chi connectivity index (χ2v) is 5.16. The first-order chi connectivity index (χ1) is 7.17. The standard InChI is InChI=1S/C9H19N3O2S/c1-2-3-4-5-11-15(13,14)12-8-6-10-7-9-12/h2-3,10-11H,4-9H2,1H3/b3-2+. The van der Waals surface area contributed by atoms with E-state index in [-0.39, 0.29) is 0 Å². The highest BCUT2D eigenvalue weighted by molar-refractivity contribution is 7.87. The molecule has 0 aromatic heterocycles. The zero-order valence-electron chi connectivity index (χ0n) is 9.07. The van der Waals surface area contributed by atoms with Crippen molar-refractivity contribution in [3.05, 3.63) is 12.2 Å². The first kappa shape index (κ1) is 12.6. The molecule has 1 aliphatic rings. The minimum absolute atomic E-state index is 0.469. The largest absolute Gasteiger partial charge is 0.314 e. The van der Waals surface area contributed by atoms with Gasteiger partial charge in [0.25, 0.3) is 10.2 Å².